The third-order valence-corrected chi connectivity index (χ3v) is 5.27. The van der Waals surface area contributed by atoms with E-state index in [1.165, 1.54) is 10.4 Å². The minimum atomic E-state index is -3.51. The Balaban J connectivity index is 2.36. The van der Waals surface area contributed by atoms with E-state index in [1.54, 1.807) is 18.2 Å². The average Bonchev–Trinajstić information content (AvgIpc) is 2.38. The third kappa shape index (κ3) is 2.91. The van der Waals surface area contributed by atoms with Gasteiger partial charge in [0.25, 0.3) is 0 Å². The molecule has 0 spiro atoms. The second-order valence-corrected chi connectivity index (χ2v) is 6.74. The predicted molar refractivity (Wildman–Crippen MR) is 74.2 cm³/mol. The lowest BCUT2D eigenvalue weighted by Crippen LogP contribution is -2.51. The smallest absolute Gasteiger partial charge is 0.243 e. The number of sulfonamides is 1. The summed E-state index contributed by atoms with van der Waals surface area (Å²) in [6.45, 7) is 4.68. The zero-order valence-corrected chi connectivity index (χ0v) is 12.1. The fourth-order valence-electron chi connectivity index (χ4n) is 2.24. The minimum Gasteiger partial charge on any atom is -0.399 e. The molecule has 106 valence electrons. The second kappa shape index (κ2) is 5.48. The molecule has 1 fully saturated rings. The van der Waals surface area contributed by atoms with E-state index < -0.39 is 10.0 Å². The van der Waals surface area contributed by atoms with E-state index in [0.717, 1.165) is 6.42 Å². The summed E-state index contributed by atoms with van der Waals surface area (Å²) >= 11 is 0. The molecule has 1 aliphatic heterocycles. The van der Waals surface area contributed by atoms with Crippen LogP contribution in [0.3, 0.4) is 0 Å². The molecule has 2 N–H and O–H groups in total. The van der Waals surface area contributed by atoms with Gasteiger partial charge >= 0.3 is 0 Å². The number of rotatable bonds is 3. The van der Waals surface area contributed by atoms with Crippen molar-refractivity contribution in [3.05, 3.63) is 24.3 Å². The van der Waals surface area contributed by atoms with Crippen LogP contribution in [0.15, 0.2) is 29.2 Å². The van der Waals surface area contributed by atoms with Gasteiger partial charge in [0.1, 0.15) is 0 Å². The van der Waals surface area contributed by atoms with Crippen molar-refractivity contribution in [2.45, 2.75) is 37.3 Å². The van der Waals surface area contributed by atoms with Gasteiger partial charge in [0, 0.05) is 18.3 Å². The fourth-order valence-corrected chi connectivity index (χ4v) is 4.05. The second-order valence-electron chi connectivity index (χ2n) is 4.85. The largest absolute Gasteiger partial charge is 0.399 e. The van der Waals surface area contributed by atoms with Crippen LogP contribution in [0.5, 0.6) is 0 Å². The van der Waals surface area contributed by atoms with Gasteiger partial charge < -0.3 is 10.5 Å². The zero-order chi connectivity index (χ0) is 14.0. The van der Waals surface area contributed by atoms with Crippen LogP contribution in [0, 0.1) is 0 Å². The molecule has 0 radical (unpaired) electrons. The highest BCUT2D eigenvalue weighted by Crippen LogP contribution is 2.25. The number of ether oxygens (including phenoxy) is 1. The van der Waals surface area contributed by atoms with Crippen molar-refractivity contribution in [2.24, 2.45) is 0 Å². The monoisotopic (exact) mass is 284 g/mol. The van der Waals surface area contributed by atoms with Crippen molar-refractivity contribution in [1.29, 1.82) is 0 Å². The molecule has 5 nitrogen and oxygen atoms in total. The van der Waals surface area contributed by atoms with E-state index in [-0.39, 0.29) is 17.0 Å². The van der Waals surface area contributed by atoms with Crippen LogP contribution in [-0.2, 0) is 14.8 Å². The van der Waals surface area contributed by atoms with Crippen LogP contribution in [0.2, 0.25) is 0 Å². The van der Waals surface area contributed by atoms with E-state index in [1.807, 2.05) is 13.8 Å². The van der Waals surface area contributed by atoms with E-state index in [2.05, 4.69) is 0 Å². The first-order valence-electron chi connectivity index (χ1n) is 6.44. The van der Waals surface area contributed by atoms with Gasteiger partial charge in [-0.25, -0.2) is 8.42 Å². The summed E-state index contributed by atoms with van der Waals surface area (Å²) in [6, 6.07) is 6.31. The first kappa shape index (κ1) is 14.3. The summed E-state index contributed by atoms with van der Waals surface area (Å²) in [4.78, 5) is 0.250. The summed E-state index contributed by atoms with van der Waals surface area (Å²) in [5, 5.41) is 0. The van der Waals surface area contributed by atoms with Crippen molar-refractivity contribution in [1.82, 2.24) is 4.31 Å². The van der Waals surface area contributed by atoms with Crippen LogP contribution < -0.4 is 5.73 Å². The number of nitrogens with two attached hydrogens (primary N) is 1. The maximum Gasteiger partial charge on any atom is 0.243 e. The molecule has 1 heterocycles. The van der Waals surface area contributed by atoms with Crippen LogP contribution in [-0.4, -0.2) is 38.0 Å². The molecule has 2 unspecified atom stereocenters. The highest BCUT2D eigenvalue weighted by Gasteiger charge is 2.35. The molecule has 0 aromatic heterocycles. The number of nitrogens with zero attached hydrogens (tertiary/aromatic N) is 1. The number of hydrogen-bond acceptors (Lipinski definition) is 4. The minimum absolute atomic E-state index is 0.0846. The third-order valence-electron chi connectivity index (χ3n) is 3.35. The summed E-state index contributed by atoms with van der Waals surface area (Å²) in [6.07, 6.45) is 0.646. The zero-order valence-electron chi connectivity index (χ0n) is 11.2. The number of hydrogen-bond donors (Lipinski definition) is 1. The van der Waals surface area contributed by atoms with Gasteiger partial charge in [-0.3, -0.25) is 0 Å². The summed E-state index contributed by atoms with van der Waals surface area (Å²) in [5.41, 5.74) is 6.13. The lowest BCUT2D eigenvalue weighted by Gasteiger charge is -2.37. The maximum atomic E-state index is 12.7. The molecule has 0 saturated carbocycles. The Bertz CT molecular complexity index is 545. The summed E-state index contributed by atoms with van der Waals surface area (Å²) in [7, 11) is -3.51. The topological polar surface area (TPSA) is 72.6 Å². The van der Waals surface area contributed by atoms with Gasteiger partial charge in [0.15, 0.2) is 0 Å². The van der Waals surface area contributed by atoms with Gasteiger partial charge in [-0.1, -0.05) is 13.0 Å². The van der Waals surface area contributed by atoms with E-state index >= 15 is 0 Å². The summed E-state index contributed by atoms with van der Waals surface area (Å²) in [5.74, 6) is 0. The average molecular weight is 284 g/mol. The molecule has 0 aliphatic carbocycles. The maximum absolute atomic E-state index is 12.7. The SMILES string of the molecule is CCC1COC(C)CN1S(=O)(=O)c1cccc(N)c1. The first-order valence-corrected chi connectivity index (χ1v) is 7.88. The van der Waals surface area contributed by atoms with Crippen LogP contribution in [0.4, 0.5) is 5.69 Å². The van der Waals surface area contributed by atoms with Crippen LogP contribution in [0.25, 0.3) is 0 Å². The Labute approximate surface area is 114 Å². The van der Waals surface area contributed by atoms with Crippen molar-refractivity contribution >= 4 is 15.7 Å². The molecule has 1 aromatic rings. The molecule has 1 aliphatic rings. The first-order chi connectivity index (χ1) is 8.95. The number of morpholine rings is 1. The number of nitrogen functional groups attached to an aromatic ring is 1. The molecule has 2 rings (SSSR count). The Morgan fingerprint density at radius 2 is 2.21 bits per heavy atom. The summed E-state index contributed by atoms with van der Waals surface area (Å²) < 4.78 is 32.4. The van der Waals surface area contributed by atoms with Crippen molar-refractivity contribution < 1.29 is 13.2 Å². The van der Waals surface area contributed by atoms with Crippen molar-refractivity contribution in [3.63, 3.8) is 0 Å². The number of benzene rings is 1. The Kier molecular flexibility index (Phi) is 4.13. The molecule has 1 aromatic carbocycles. The van der Waals surface area contributed by atoms with Crippen molar-refractivity contribution in [3.8, 4) is 0 Å². The van der Waals surface area contributed by atoms with Crippen LogP contribution >= 0.6 is 0 Å². The molecule has 19 heavy (non-hydrogen) atoms. The van der Waals surface area contributed by atoms with E-state index in [9.17, 15) is 8.42 Å². The van der Waals surface area contributed by atoms with Gasteiger partial charge in [-0.05, 0) is 31.5 Å². The molecule has 0 bridgehead atoms. The van der Waals surface area contributed by atoms with E-state index in [4.69, 9.17) is 10.5 Å². The van der Waals surface area contributed by atoms with Gasteiger partial charge in [0.2, 0.25) is 10.0 Å². The highest BCUT2D eigenvalue weighted by atomic mass is 32.2. The van der Waals surface area contributed by atoms with Gasteiger partial charge in [-0.2, -0.15) is 4.31 Å². The standard InChI is InChI=1S/C13H20N2O3S/c1-3-12-9-18-10(2)8-15(12)19(16,17)13-6-4-5-11(14)7-13/h4-7,10,12H,3,8-9,14H2,1-2H3. The lowest BCUT2D eigenvalue weighted by molar-refractivity contribution is -0.0230. The quantitative estimate of drug-likeness (QED) is 0.853. The lowest BCUT2D eigenvalue weighted by atomic mass is 10.2. The molecule has 1 saturated heterocycles. The Morgan fingerprint density at radius 1 is 1.47 bits per heavy atom. The molecular formula is C13H20N2O3S. The number of anilines is 1. The highest BCUT2D eigenvalue weighted by molar-refractivity contribution is 7.89. The Morgan fingerprint density at radius 3 is 2.84 bits per heavy atom. The Hall–Kier alpha value is -1.11. The van der Waals surface area contributed by atoms with Gasteiger partial charge in [-0.15, -0.1) is 0 Å². The van der Waals surface area contributed by atoms with Crippen molar-refractivity contribution in [2.75, 3.05) is 18.9 Å². The molecule has 0 amide bonds. The molecule has 6 heteroatoms. The van der Waals surface area contributed by atoms with Gasteiger partial charge in [0.05, 0.1) is 17.6 Å². The molecular weight excluding hydrogens is 264 g/mol. The molecule has 2 atom stereocenters. The normalized spacial score (nSPS) is 25.4. The van der Waals surface area contributed by atoms with E-state index in [0.29, 0.717) is 18.8 Å². The fraction of sp³-hybridized carbons (Fsp3) is 0.538. The van der Waals surface area contributed by atoms with Crippen LogP contribution in [0.1, 0.15) is 20.3 Å². The predicted octanol–water partition coefficient (Wildman–Crippen LogP) is 1.46.